The second-order valence-corrected chi connectivity index (χ2v) is 5.39. The van der Waals surface area contributed by atoms with E-state index in [9.17, 15) is 4.79 Å². The monoisotopic (exact) mass is 302 g/mol. The first-order valence-corrected chi connectivity index (χ1v) is 7.32. The van der Waals surface area contributed by atoms with Crippen LogP contribution in [-0.4, -0.2) is 21.0 Å². The van der Waals surface area contributed by atoms with Crippen molar-refractivity contribution in [1.29, 1.82) is 0 Å². The van der Waals surface area contributed by atoms with Gasteiger partial charge in [0.05, 0.1) is 5.52 Å². The van der Waals surface area contributed by atoms with Gasteiger partial charge in [0.1, 0.15) is 5.52 Å². The van der Waals surface area contributed by atoms with E-state index in [1.807, 2.05) is 48.5 Å². The van der Waals surface area contributed by atoms with Crippen molar-refractivity contribution in [1.82, 2.24) is 15.2 Å². The van der Waals surface area contributed by atoms with Gasteiger partial charge in [-0.2, -0.15) is 5.10 Å². The van der Waals surface area contributed by atoms with Crippen molar-refractivity contribution in [3.63, 3.8) is 0 Å². The summed E-state index contributed by atoms with van der Waals surface area (Å²) in [6, 6.07) is 15.4. The number of hydrogen-bond acceptors (Lipinski definition) is 4. The third-order valence-electron chi connectivity index (χ3n) is 3.84. The van der Waals surface area contributed by atoms with Crippen LogP contribution in [0.2, 0.25) is 0 Å². The average molecular weight is 302 g/mol. The van der Waals surface area contributed by atoms with Crippen molar-refractivity contribution in [3.05, 3.63) is 60.3 Å². The van der Waals surface area contributed by atoms with E-state index in [4.69, 9.17) is 0 Å². The minimum Gasteiger partial charge on any atom is -0.337 e. The van der Waals surface area contributed by atoms with Crippen LogP contribution in [0.5, 0.6) is 0 Å². The fraction of sp³-hybridized carbons (Fsp3) is 0.0556. The highest BCUT2D eigenvalue weighted by molar-refractivity contribution is 6.07. The molecule has 2 heterocycles. The summed E-state index contributed by atoms with van der Waals surface area (Å²) in [6.45, 7) is 1.59. The van der Waals surface area contributed by atoms with E-state index in [1.165, 1.54) is 0 Å². The van der Waals surface area contributed by atoms with Crippen LogP contribution in [0.25, 0.3) is 21.8 Å². The van der Waals surface area contributed by atoms with Gasteiger partial charge in [-0.15, -0.1) is 0 Å². The summed E-state index contributed by atoms with van der Waals surface area (Å²) in [5, 5.41) is 12.5. The normalized spacial score (nSPS) is 11.0. The number of nitrogens with one attached hydrogen (secondary N) is 2. The first-order chi connectivity index (χ1) is 11.2. The number of H-pyrrole nitrogens is 1. The van der Waals surface area contributed by atoms with Crippen LogP contribution < -0.4 is 5.32 Å². The number of ketones is 1. The van der Waals surface area contributed by atoms with E-state index in [0.29, 0.717) is 5.82 Å². The van der Waals surface area contributed by atoms with Crippen molar-refractivity contribution in [3.8, 4) is 0 Å². The van der Waals surface area contributed by atoms with Gasteiger partial charge in [-0.05, 0) is 42.0 Å². The van der Waals surface area contributed by atoms with Gasteiger partial charge in [0.2, 0.25) is 0 Å². The van der Waals surface area contributed by atoms with Crippen molar-refractivity contribution in [2.75, 3.05) is 5.32 Å². The van der Waals surface area contributed by atoms with Crippen LogP contribution in [0.15, 0.2) is 54.7 Å². The van der Waals surface area contributed by atoms with Gasteiger partial charge in [-0.3, -0.25) is 14.9 Å². The zero-order valence-electron chi connectivity index (χ0n) is 12.5. The molecule has 0 aliphatic carbocycles. The smallest absolute Gasteiger partial charge is 0.178 e. The van der Waals surface area contributed by atoms with Crippen molar-refractivity contribution < 1.29 is 4.79 Å². The Morgan fingerprint density at radius 3 is 2.91 bits per heavy atom. The average Bonchev–Trinajstić information content (AvgIpc) is 2.97. The molecule has 2 aromatic carbocycles. The van der Waals surface area contributed by atoms with E-state index in [2.05, 4.69) is 20.5 Å². The highest BCUT2D eigenvalue weighted by atomic mass is 16.1. The first-order valence-electron chi connectivity index (χ1n) is 7.32. The number of carbonyl (C=O) groups excluding carboxylic acids is 1. The van der Waals surface area contributed by atoms with Crippen LogP contribution >= 0.6 is 0 Å². The molecule has 0 saturated heterocycles. The molecule has 0 spiro atoms. The molecule has 4 aromatic rings. The predicted molar refractivity (Wildman–Crippen MR) is 91.1 cm³/mol. The van der Waals surface area contributed by atoms with Crippen molar-refractivity contribution in [2.24, 2.45) is 0 Å². The maximum Gasteiger partial charge on any atom is 0.178 e. The molecule has 0 aliphatic heterocycles. The van der Waals surface area contributed by atoms with Gasteiger partial charge in [-0.1, -0.05) is 24.3 Å². The van der Waals surface area contributed by atoms with E-state index >= 15 is 0 Å². The van der Waals surface area contributed by atoms with Crippen LogP contribution in [-0.2, 0) is 0 Å². The van der Waals surface area contributed by atoms with Crippen LogP contribution in [0.3, 0.4) is 0 Å². The molecule has 0 radical (unpaired) electrons. The lowest BCUT2D eigenvalue weighted by molar-refractivity contribution is 0.101. The molecule has 0 bridgehead atoms. The molecule has 4 rings (SSSR count). The summed E-state index contributed by atoms with van der Waals surface area (Å²) in [5.41, 5.74) is 3.32. The Hall–Kier alpha value is -3.21. The number of Topliss-reactive ketones (excluding diaryl/α,β-unsaturated/α-hetero) is 1. The molecule has 0 fully saturated rings. The molecule has 2 N–H and O–H groups in total. The fourth-order valence-corrected chi connectivity index (χ4v) is 2.75. The molecule has 0 aliphatic rings. The summed E-state index contributed by atoms with van der Waals surface area (Å²) in [4.78, 5) is 16.0. The molecule has 5 nitrogen and oxygen atoms in total. The Balaban J connectivity index is 1.77. The first kappa shape index (κ1) is 13.5. The zero-order chi connectivity index (χ0) is 15.8. The minimum absolute atomic E-state index is 0.0683. The van der Waals surface area contributed by atoms with Gasteiger partial charge < -0.3 is 5.32 Å². The van der Waals surface area contributed by atoms with Crippen LogP contribution in [0.1, 0.15) is 17.3 Å². The van der Waals surface area contributed by atoms with Gasteiger partial charge in [0.25, 0.3) is 0 Å². The SMILES string of the molecule is CC(=O)c1cccc2cc(Nc3n[nH]c4cccnc34)ccc12. The van der Waals surface area contributed by atoms with Gasteiger partial charge in [-0.25, -0.2) is 0 Å². The molecule has 5 heteroatoms. The molecule has 23 heavy (non-hydrogen) atoms. The number of hydrogen-bond donors (Lipinski definition) is 2. The summed E-state index contributed by atoms with van der Waals surface area (Å²) >= 11 is 0. The van der Waals surface area contributed by atoms with Gasteiger partial charge >= 0.3 is 0 Å². The number of nitrogens with zero attached hydrogens (tertiary/aromatic N) is 2. The van der Waals surface area contributed by atoms with Gasteiger partial charge in [0.15, 0.2) is 11.6 Å². The molecule has 2 aromatic heterocycles. The molecular formula is C18H14N4O. The zero-order valence-corrected chi connectivity index (χ0v) is 12.5. The lowest BCUT2D eigenvalue weighted by atomic mass is 10.0. The second-order valence-electron chi connectivity index (χ2n) is 5.39. The Morgan fingerprint density at radius 2 is 2.04 bits per heavy atom. The number of aromatic amines is 1. The van der Waals surface area contributed by atoms with Crippen LogP contribution in [0.4, 0.5) is 11.5 Å². The lowest BCUT2D eigenvalue weighted by Gasteiger charge is -2.07. The largest absolute Gasteiger partial charge is 0.337 e. The Bertz CT molecular complexity index is 1040. The standard InChI is InChI=1S/C18H14N4O/c1-11(23)14-5-2-4-12-10-13(7-8-15(12)14)20-18-17-16(21-22-18)6-3-9-19-17/h2-10H,1H3,(H2,20,21,22). The second kappa shape index (κ2) is 5.21. The number of anilines is 2. The molecule has 0 unspecified atom stereocenters. The molecule has 0 atom stereocenters. The van der Waals surface area contributed by atoms with E-state index in [0.717, 1.165) is 33.1 Å². The third-order valence-corrected chi connectivity index (χ3v) is 3.84. The van der Waals surface area contributed by atoms with E-state index < -0.39 is 0 Å². The Labute approximate surface area is 132 Å². The lowest BCUT2D eigenvalue weighted by Crippen LogP contribution is -1.95. The topological polar surface area (TPSA) is 70.7 Å². The van der Waals surface area contributed by atoms with Crippen molar-refractivity contribution in [2.45, 2.75) is 6.92 Å². The molecule has 112 valence electrons. The van der Waals surface area contributed by atoms with Crippen molar-refractivity contribution >= 4 is 39.1 Å². The third kappa shape index (κ3) is 2.32. The highest BCUT2D eigenvalue weighted by Crippen LogP contribution is 2.26. The summed E-state index contributed by atoms with van der Waals surface area (Å²) in [7, 11) is 0. The highest BCUT2D eigenvalue weighted by Gasteiger charge is 2.09. The molecular weight excluding hydrogens is 288 g/mol. The maximum atomic E-state index is 11.7. The number of rotatable bonds is 3. The Morgan fingerprint density at radius 1 is 1.13 bits per heavy atom. The number of fused-ring (bicyclic) bond motifs is 2. The number of aromatic nitrogens is 3. The predicted octanol–water partition coefficient (Wildman–Crippen LogP) is 4.06. The van der Waals surface area contributed by atoms with Crippen LogP contribution in [0, 0.1) is 0 Å². The van der Waals surface area contributed by atoms with E-state index in [1.54, 1.807) is 13.1 Å². The maximum absolute atomic E-state index is 11.7. The van der Waals surface area contributed by atoms with E-state index in [-0.39, 0.29) is 5.78 Å². The number of benzene rings is 2. The summed E-state index contributed by atoms with van der Waals surface area (Å²) < 4.78 is 0. The minimum atomic E-state index is 0.0683. The fourth-order valence-electron chi connectivity index (χ4n) is 2.75. The number of carbonyl (C=O) groups is 1. The summed E-state index contributed by atoms with van der Waals surface area (Å²) in [6.07, 6.45) is 1.74. The molecule has 0 amide bonds. The number of pyridine rings is 1. The Kier molecular flexibility index (Phi) is 3.05. The quantitative estimate of drug-likeness (QED) is 0.560. The molecule has 0 saturated carbocycles. The van der Waals surface area contributed by atoms with Gasteiger partial charge in [0, 0.05) is 17.4 Å². The summed E-state index contributed by atoms with van der Waals surface area (Å²) in [5.74, 6) is 0.751.